The highest BCUT2D eigenvalue weighted by atomic mass is 32.1. The molecule has 0 spiro atoms. The number of H-pyrrole nitrogens is 1. The van der Waals surface area contributed by atoms with Gasteiger partial charge in [0.15, 0.2) is 4.77 Å². The number of aromatic amines is 1. The van der Waals surface area contributed by atoms with Crippen molar-refractivity contribution in [2.75, 3.05) is 6.61 Å². The van der Waals surface area contributed by atoms with Crippen LogP contribution in [0, 0.1) is 10.6 Å². The third-order valence-corrected chi connectivity index (χ3v) is 3.93. The Morgan fingerprint density at radius 1 is 1.09 bits per heavy atom. The summed E-state index contributed by atoms with van der Waals surface area (Å²) in [5.74, 6) is -0.280. The van der Waals surface area contributed by atoms with Gasteiger partial charge in [0, 0.05) is 36.7 Å². The van der Waals surface area contributed by atoms with Crippen molar-refractivity contribution in [2.24, 2.45) is 0 Å². The average molecular weight is 329 g/mol. The van der Waals surface area contributed by atoms with Gasteiger partial charge in [-0.2, -0.15) is 0 Å². The van der Waals surface area contributed by atoms with Crippen LogP contribution in [-0.4, -0.2) is 26.2 Å². The lowest BCUT2D eigenvalue weighted by Crippen LogP contribution is -2.02. The van der Waals surface area contributed by atoms with E-state index >= 15 is 0 Å². The summed E-state index contributed by atoms with van der Waals surface area (Å²) in [7, 11) is 0. The largest absolute Gasteiger partial charge is 0.396 e. The monoisotopic (exact) mass is 329 g/mol. The van der Waals surface area contributed by atoms with Crippen LogP contribution in [0.25, 0.3) is 22.5 Å². The average Bonchev–Trinajstić information content (AvgIpc) is 2.91. The van der Waals surface area contributed by atoms with E-state index in [9.17, 15) is 4.39 Å². The molecule has 0 saturated heterocycles. The van der Waals surface area contributed by atoms with Crippen molar-refractivity contribution in [1.29, 1.82) is 0 Å². The van der Waals surface area contributed by atoms with Crippen molar-refractivity contribution in [3.63, 3.8) is 0 Å². The fraction of sp³-hybridized carbons (Fsp3) is 0.176. The Bertz CT molecular complexity index is 841. The molecular formula is C17H16FN3OS. The van der Waals surface area contributed by atoms with Crippen LogP contribution in [0.5, 0.6) is 0 Å². The van der Waals surface area contributed by atoms with E-state index < -0.39 is 0 Å². The summed E-state index contributed by atoms with van der Waals surface area (Å²) < 4.78 is 15.7. The molecule has 2 heterocycles. The number of nitrogens with one attached hydrogen (secondary N) is 1. The summed E-state index contributed by atoms with van der Waals surface area (Å²) >= 11 is 5.44. The molecule has 2 aromatic heterocycles. The van der Waals surface area contributed by atoms with Gasteiger partial charge in [0.1, 0.15) is 5.82 Å². The molecule has 0 radical (unpaired) electrons. The third kappa shape index (κ3) is 3.23. The summed E-state index contributed by atoms with van der Waals surface area (Å²) in [5, 5.41) is 9.13. The van der Waals surface area contributed by atoms with Crippen LogP contribution in [0.15, 0.2) is 48.8 Å². The van der Waals surface area contributed by atoms with Crippen LogP contribution in [0.3, 0.4) is 0 Å². The lowest BCUT2D eigenvalue weighted by atomic mass is 10.1. The minimum absolute atomic E-state index is 0.0919. The maximum absolute atomic E-state index is 13.2. The van der Waals surface area contributed by atoms with E-state index in [4.69, 9.17) is 17.3 Å². The number of halogens is 1. The zero-order valence-electron chi connectivity index (χ0n) is 12.4. The summed E-state index contributed by atoms with van der Waals surface area (Å²) in [5.41, 5.74) is 3.56. The number of imidazole rings is 1. The predicted octanol–water partition coefficient (Wildman–Crippen LogP) is 3.80. The highest BCUT2D eigenvalue weighted by molar-refractivity contribution is 7.71. The van der Waals surface area contributed by atoms with E-state index in [0.29, 0.717) is 17.7 Å². The van der Waals surface area contributed by atoms with Crippen molar-refractivity contribution in [3.05, 3.63) is 59.4 Å². The number of aliphatic hydroxyl groups is 1. The smallest absolute Gasteiger partial charge is 0.178 e. The molecule has 3 rings (SSSR count). The van der Waals surface area contributed by atoms with Crippen molar-refractivity contribution < 1.29 is 9.50 Å². The van der Waals surface area contributed by atoms with Gasteiger partial charge in [-0.25, -0.2) is 4.39 Å². The second-order valence-electron chi connectivity index (χ2n) is 5.13. The molecule has 0 aliphatic rings. The second-order valence-corrected chi connectivity index (χ2v) is 5.51. The molecule has 0 saturated carbocycles. The Morgan fingerprint density at radius 3 is 2.43 bits per heavy atom. The number of aromatic nitrogens is 3. The molecule has 1 aromatic carbocycles. The van der Waals surface area contributed by atoms with Crippen LogP contribution >= 0.6 is 12.2 Å². The first-order chi connectivity index (χ1) is 11.2. The normalized spacial score (nSPS) is 10.9. The SMILES string of the molecule is OCCCn1c(-c2ccncc2)c(-c2ccc(F)cc2)[nH]c1=S. The molecule has 0 aliphatic carbocycles. The van der Waals surface area contributed by atoms with Gasteiger partial charge in [-0.05, 0) is 55.0 Å². The summed E-state index contributed by atoms with van der Waals surface area (Å²) in [6.07, 6.45) is 4.04. The Hall–Kier alpha value is -2.31. The van der Waals surface area contributed by atoms with Gasteiger partial charge < -0.3 is 14.7 Å². The van der Waals surface area contributed by atoms with Crippen LogP contribution in [0.4, 0.5) is 4.39 Å². The van der Waals surface area contributed by atoms with Crippen molar-refractivity contribution in [2.45, 2.75) is 13.0 Å². The topological polar surface area (TPSA) is 53.8 Å². The van der Waals surface area contributed by atoms with Crippen LogP contribution < -0.4 is 0 Å². The highest BCUT2D eigenvalue weighted by Gasteiger charge is 2.15. The first-order valence-electron chi connectivity index (χ1n) is 7.30. The molecule has 0 fully saturated rings. The Kier molecular flexibility index (Phi) is 4.64. The van der Waals surface area contributed by atoms with Crippen molar-refractivity contribution >= 4 is 12.2 Å². The molecule has 2 N–H and O–H groups in total. The zero-order valence-corrected chi connectivity index (χ0v) is 13.2. The molecule has 4 nitrogen and oxygen atoms in total. The van der Waals surface area contributed by atoms with E-state index in [2.05, 4.69) is 9.97 Å². The number of hydrogen-bond acceptors (Lipinski definition) is 3. The second kappa shape index (κ2) is 6.85. The predicted molar refractivity (Wildman–Crippen MR) is 89.9 cm³/mol. The number of aliphatic hydroxyl groups excluding tert-OH is 1. The van der Waals surface area contributed by atoms with Gasteiger partial charge in [-0.15, -0.1) is 0 Å². The van der Waals surface area contributed by atoms with Gasteiger partial charge in [0.05, 0.1) is 11.4 Å². The van der Waals surface area contributed by atoms with Crippen molar-refractivity contribution in [3.8, 4) is 22.5 Å². The number of nitrogens with zero attached hydrogens (tertiary/aromatic N) is 2. The van der Waals surface area contributed by atoms with Crippen LogP contribution in [0.1, 0.15) is 6.42 Å². The number of pyridine rings is 1. The molecule has 0 amide bonds. The van der Waals surface area contributed by atoms with Gasteiger partial charge in [0.25, 0.3) is 0 Å². The minimum atomic E-state index is -0.280. The molecule has 118 valence electrons. The molecule has 3 aromatic rings. The molecule has 0 aliphatic heterocycles. The zero-order chi connectivity index (χ0) is 16.2. The molecule has 0 bridgehead atoms. The van der Waals surface area contributed by atoms with E-state index in [0.717, 1.165) is 22.5 Å². The van der Waals surface area contributed by atoms with E-state index in [1.54, 1.807) is 24.5 Å². The number of benzene rings is 1. The minimum Gasteiger partial charge on any atom is -0.396 e. The van der Waals surface area contributed by atoms with Gasteiger partial charge in [-0.1, -0.05) is 0 Å². The molecular weight excluding hydrogens is 313 g/mol. The quantitative estimate of drug-likeness (QED) is 0.700. The summed E-state index contributed by atoms with van der Waals surface area (Å²) in [6, 6.07) is 10.1. The first kappa shape index (κ1) is 15.6. The third-order valence-electron chi connectivity index (χ3n) is 3.61. The number of hydrogen-bond donors (Lipinski definition) is 2. The lowest BCUT2D eigenvalue weighted by molar-refractivity contribution is 0.280. The highest BCUT2D eigenvalue weighted by Crippen LogP contribution is 2.31. The van der Waals surface area contributed by atoms with Crippen LogP contribution in [0.2, 0.25) is 0 Å². The summed E-state index contributed by atoms with van der Waals surface area (Å²) in [4.78, 5) is 7.26. The standard InChI is InChI=1S/C17H16FN3OS/c18-14-4-2-12(3-5-14)15-16(13-6-8-19-9-7-13)21(10-1-11-22)17(23)20-15/h2-9,22H,1,10-11H2,(H,20,23). The molecule has 0 atom stereocenters. The van der Waals surface area contributed by atoms with E-state index in [-0.39, 0.29) is 12.4 Å². The molecule has 23 heavy (non-hydrogen) atoms. The first-order valence-corrected chi connectivity index (χ1v) is 7.71. The Morgan fingerprint density at radius 2 is 1.78 bits per heavy atom. The lowest BCUT2D eigenvalue weighted by Gasteiger charge is -2.10. The fourth-order valence-corrected chi connectivity index (χ4v) is 2.83. The molecule has 6 heteroatoms. The van der Waals surface area contributed by atoms with Gasteiger partial charge >= 0.3 is 0 Å². The fourth-order valence-electron chi connectivity index (χ4n) is 2.55. The molecule has 0 unspecified atom stereocenters. The van der Waals surface area contributed by atoms with E-state index in [1.807, 2.05) is 16.7 Å². The van der Waals surface area contributed by atoms with Gasteiger partial charge in [-0.3, -0.25) is 4.98 Å². The number of rotatable bonds is 5. The maximum atomic E-state index is 13.2. The van der Waals surface area contributed by atoms with E-state index in [1.165, 1.54) is 12.1 Å². The van der Waals surface area contributed by atoms with Crippen molar-refractivity contribution in [1.82, 2.24) is 14.5 Å². The summed E-state index contributed by atoms with van der Waals surface area (Å²) in [6.45, 7) is 0.694. The Balaban J connectivity index is 2.19. The van der Waals surface area contributed by atoms with Gasteiger partial charge in [0.2, 0.25) is 0 Å². The Labute approximate surface area is 138 Å². The maximum Gasteiger partial charge on any atom is 0.178 e. The van der Waals surface area contributed by atoms with Crippen LogP contribution in [-0.2, 0) is 6.54 Å².